The van der Waals surface area contributed by atoms with Crippen molar-refractivity contribution in [2.75, 3.05) is 6.61 Å². The van der Waals surface area contributed by atoms with Gasteiger partial charge in [-0.2, -0.15) is 0 Å². The normalized spacial score (nSPS) is 35.0. The summed E-state index contributed by atoms with van der Waals surface area (Å²) in [5, 5.41) is 9.39. The molecule has 0 amide bonds. The first kappa shape index (κ1) is 10.5. The summed E-state index contributed by atoms with van der Waals surface area (Å²) in [5.74, 6) is 2.27. The maximum atomic E-state index is 11.4. The molecule has 1 aliphatic carbocycles. The lowest BCUT2D eigenvalue weighted by Crippen LogP contribution is -2.40. The van der Waals surface area contributed by atoms with Crippen molar-refractivity contribution in [3.05, 3.63) is 0 Å². The average Bonchev–Trinajstić information content (AvgIpc) is 2.96. The van der Waals surface area contributed by atoms with E-state index in [0.717, 1.165) is 12.8 Å². The maximum absolute atomic E-state index is 11.4. The van der Waals surface area contributed by atoms with Gasteiger partial charge in [0.2, 0.25) is 0 Å². The van der Waals surface area contributed by atoms with E-state index in [-0.39, 0.29) is 6.10 Å². The van der Waals surface area contributed by atoms with Gasteiger partial charge >= 0.3 is 5.97 Å². The van der Waals surface area contributed by atoms with E-state index in [1.807, 2.05) is 0 Å². The van der Waals surface area contributed by atoms with E-state index in [1.165, 1.54) is 0 Å². The van der Waals surface area contributed by atoms with Gasteiger partial charge in [-0.05, 0) is 31.6 Å². The molecule has 2 fully saturated rings. The molecule has 2 unspecified atom stereocenters. The Kier molecular flexibility index (Phi) is 2.70. The van der Waals surface area contributed by atoms with Gasteiger partial charge in [0.05, 0.1) is 11.5 Å². The van der Waals surface area contributed by atoms with Crippen LogP contribution in [0.5, 0.6) is 0 Å². The quantitative estimate of drug-likeness (QED) is 0.715. The lowest BCUT2D eigenvalue weighted by atomic mass is 9.75. The molecule has 1 heterocycles. The molecule has 2 aliphatic rings. The second kappa shape index (κ2) is 3.86. The zero-order chi connectivity index (χ0) is 10.9. The van der Waals surface area contributed by atoms with Crippen molar-refractivity contribution in [1.82, 2.24) is 0 Å². The van der Waals surface area contributed by atoms with Gasteiger partial charge in [-0.3, -0.25) is 4.79 Å². The van der Waals surface area contributed by atoms with Crippen LogP contribution < -0.4 is 0 Å². The molecular formula is C12H16O3. The molecule has 0 radical (unpaired) electrons. The smallest absolute Gasteiger partial charge is 0.312 e. The van der Waals surface area contributed by atoms with E-state index in [4.69, 9.17) is 11.2 Å². The van der Waals surface area contributed by atoms with Gasteiger partial charge in [0, 0.05) is 13.0 Å². The summed E-state index contributed by atoms with van der Waals surface area (Å²) >= 11 is 0. The molecule has 1 N–H and O–H groups in total. The summed E-state index contributed by atoms with van der Waals surface area (Å²) in [6.07, 6.45) is 9.04. The van der Waals surface area contributed by atoms with Gasteiger partial charge in [0.1, 0.15) is 0 Å². The Morgan fingerprint density at radius 3 is 2.87 bits per heavy atom. The van der Waals surface area contributed by atoms with Crippen LogP contribution in [0.2, 0.25) is 0 Å². The molecule has 0 bridgehead atoms. The Bertz CT molecular complexity index is 300. The fraction of sp³-hybridized carbons (Fsp3) is 0.750. The predicted molar refractivity (Wildman–Crippen MR) is 55.2 cm³/mol. The third-order valence-electron chi connectivity index (χ3n) is 3.58. The van der Waals surface area contributed by atoms with Crippen molar-refractivity contribution in [3.8, 4) is 12.3 Å². The molecule has 0 aromatic carbocycles. The van der Waals surface area contributed by atoms with Crippen molar-refractivity contribution in [1.29, 1.82) is 0 Å². The fourth-order valence-electron chi connectivity index (χ4n) is 2.55. The minimum Gasteiger partial charge on any atom is -0.481 e. The third-order valence-corrected chi connectivity index (χ3v) is 3.58. The van der Waals surface area contributed by atoms with Crippen molar-refractivity contribution in [2.24, 2.45) is 11.3 Å². The highest BCUT2D eigenvalue weighted by atomic mass is 16.5. The molecule has 1 saturated carbocycles. The molecule has 1 saturated heterocycles. The van der Waals surface area contributed by atoms with E-state index in [1.54, 1.807) is 0 Å². The molecule has 0 aromatic rings. The van der Waals surface area contributed by atoms with E-state index >= 15 is 0 Å². The van der Waals surface area contributed by atoms with Crippen LogP contribution in [0.3, 0.4) is 0 Å². The number of hydrogen-bond donors (Lipinski definition) is 1. The van der Waals surface area contributed by atoms with E-state index in [9.17, 15) is 9.90 Å². The van der Waals surface area contributed by atoms with E-state index in [2.05, 4.69) is 5.92 Å². The Hall–Kier alpha value is -1.01. The average molecular weight is 208 g/mol. The SMILES string of the molecule is C#CCCC1(C(=O)O)CCOC1C1CC1. The summed E-state index contributed by atoms with van der Waals surface area (Å²) in [4.78, 5) is 11.4. The number of carbonyl (C=O) groups is 1. The first-order valence-corrected chi connectivity index (χ1v) is 5.49. The Morgan fingerprint density at radius 1 is 1.60 bits per heavy atom. The van der Waals surface area contributed by atoms with Crippen molar-refractivity contribution in [2.45, 2.75) is 38.2 Å². The number of rotatable bonds is 4. The number of aliphatic carboxylic acids is 1. The molecule has 15 heavy (non-hydrogen) atoms. The first-order valence-electron chi connectivity index (χ1n) is 5.49. The van der Waals surface area contributed by atoms with Crippen LogP contribution in [0.4, 0.5) is 0 Å². The van der Waals surface area contributed by atoms with Gasteiger partial charge in [-0.25, -0.2) is 0 Å². The summed E-state index contributed by atoms with van der Waals surface area (Å²) in [7, 11) is 0. The Morgan fingerprint density at radius 2 is 2.33 bits per heavy atom. The van der Waals surface area contributed by atoms with Crippen LogP contribution in [0.25, 0.3) is 0 Å². The molecule has 2 atom stereocenters. The van der Waals surface area contributed by atoms with Crippen LogP contribution in [0.15, 0.2) is 0 Å². The molecule has 1 aliphatic heterocycles. The predicted octanol–water partition coefficient (Wildman–Crippen LogP) is 1.67. The maximum Gasteiger partial charge on any atom is 0.312 e. The fourth-order valence-corrected chi connectivity index (χ4v) is 2.55. The van der Waals surface area contributed by atoms with Gasteiger partial charge in [-0.15, -0.1) is 12.3 Å². The van der Waals surface area contributed by atoms with Crippen molar-refractivity contribution < 1.29 is 14.6 Å². The lowest BCUT2D eigenvalue weighted by Gasteiger charge is -2.29. The summed E-state index contributed by atoms with van der Waals surface area (Å²) in [6.45, 7) is 0.567. The first-order chi connectivity index (χ1) is 7.20. The minimum absolute atomic E-state index is 0.0941. The molecule has 2 rings (SSSR count). The molecule has 3 heteroatoms. The number of terminal acetylenes is 1. The molecule has 82 valence electrons. The zero-order valence-corrected chi connectivity index (χ0v) is 8.74. The van der Waals surface area contributed by atoms with Crippen LogP contribution in [0.1, 0.15) is 32.1 Å². The number of carboxylic acid groups (broad SMARTS) is 1. The molecule has 3 nitrogen and oxygen atoms in total. The summed E-state index contributed by atoms with van der Waals surface area (Å²) in [6, 6.07) is 0. The number of hydrogen-bond acceptors (Lipinski definition) is 2. The highest BCUT2D eigenvalue weighted by molar-refractivity contribution is 5.76. The van der Waals surface area contributed by atoms with E-state index in [0.29, 0.717) is 31.8 Å². The second-order valence-electron chi connectivity index (χ2n) is 4.54. The standard InChI is InChI=1S/C12H16O3/c1-2-3-6-12(11(13)14)7-8-15-10(12)9-4-5-9/h1,9-10H,3-8H2,(H,13,14). The zero-order valence-electron chi connectivity index (χ0n) is 8.74. The van der Waals surface area contributed by atoms with Crippen LogP contribution in [-0.4, -0.2) is 23.8 Å². The minimum atomic E-state index is -0.729. The largest absolute Gasteiger partial charge is 0.481 e. The summed E-state index contributed by atoms with van der Waals surface area (Å²) < 4.78 is 5.60. The molecule has 0 aromatic heterocycles. The Labute approximate surface area is 89.8 Å². The monoisotopic (exact) mass is 208 g/mol. The third kappa shape index (κ3) is 1.74. The lowest BCUT2D eigenvalue weighted by molar-refractivity contribution is -0.153. The van der Waals surface area contributed by atoms with Gasteiger partial charge < -0.3 is 9.84 Å². The second-order valence-corrected chi connectivity index (χ2v) is 4.54. The topological polar surface area (TPSA) is 46.5 Å². The molecular weight excluding hydrogens is 192 g/mol. The molecule has 0 spiro atoms. The van der Waals surface area contributed by atoms with Gasteiger partial charge in [0.25, 0.3) is 0 Å². The van der Waals surface area contributed by atoms with Crippen molar-refractivity contribution >= 4 is 5.97 Å². The highest BCUT2D eigenvalue weighted by Crippen LogP contribution is 2.50. The number of ether oxygens (including phenoxy) is 1. The van der Waals surface area contributed by atoms with E-state index < -0.39 is 11.4 Å². The van der Waals surface area contributed by atoms with Gasteiger partial charge in [-0.1, -0.05) is 0 Å². The van der Waals surface area contributed by atoms with Crippen molar-refractivity contribution in [3.63, 3.8) is 0 Å². The van der Waals surface area contributed by atoms with Crippen LogP contribution in [-0.2, 0) is 9.53 Å². The Balaban J connectivity index is 2.16. The van der Waals surface area contributed by atoms with Crippen LogP contribution in [0, 0.1) is 23.7 Å². The summed E-state index contributed by atoms with van der Waals surface area (Å²) in [5.41, 5.74) is -0.701. The van der Waals surface area contributed by atoms with Crippen LogP contribution >= 0.6 is 0 Å². The highest BCUT2D eigenvalue weighted by Gasteiger charge is 2.55. The van der Waals surface area contributed by atoms with Gasteiger partial charge in [0.15, 0.2) is 0 Å². The number of carboxylic acids is 1.